The Labute approximate surface area is 217 Å². The topological polar surface area (TPSA) is 106 Å². The maximum Gasteiger partial charge on any atom is 0.248 e. The maximum absolute atomic E-state index is 13.6. The van der Waals surface area contributed by atoms with Crippen LogP contribution in [0.25, 0.3) is 10.9 Å². The van der Waals surface area contributed by atoms with Crippen LogP contribution in [0.1, 0.15) is 12.8 Å². The number of hydrogen-bond acceptors (Lipinski definition) is 7. The van der Waals surface area contributed by atoms with E-state index in [0.717, 1.165) is 12.8 Å². The van der Waals surface area contributed by atoms with Crippen LogP contribution in [-0.4, -0.2) is 59.6 Å². The lowest BCUT2D eigenvalue weighted by Gasteiger charge is -2.25. The fourth-order valence-corrected chi connectivity index (χ4v) is 3.99. The van der Waals surface area contributed by atoms with Gasteiger partial charge in [-0.25, -0.2) is 14.4 Å². The molecule has 1 aliphatic carbocycles. The number of carbonyl (C=O) groups is 2. The first-order valence-corrected chi connectivity index (χ1v) is 12.3. The molecular weight excluding hydrogens is 501 g/mol. The van der Waals surface area contributed by atoms with Crippen LogP contribution in [0.3, 0.4) is 0 Å². The number of ether oxygens (including phenoxy) is 2. The summed E-state index contributed by atoms with van der Waals surface area (Å²) in [6, 6.07) is 7.70. The first-order chi connectivity index (χ1) is 18.0. The minimum atomic E-state index is -0.526. The van der Waals surface area contributed by atoms with E-state index in [-0.39, 0.29) is 10.9 Å². The first-order valence-electron chi connectivity index (χ1n) is 12.0. The molecule has 0 spiro atoms. The summed E-state index contributed by atoms with van der Waals surface area (Å²) >= 11 is 5.92. The Balaban J connectivity index is 1.40. The Hall–Kier alpha value is -3.76. The minimum absolute atomic E-state index is 0.0227. The Morgan fingerprint density at radius 2 is 1.97 bits per heavy atom. The Morgan fingerprint density at radius 1 is 1.16 bits per heavy atom. The van der Waals surface area contributed by atoms with Crippen LogP contribution in [0, 0.1) is 11.7 Å². The molecule has 0 atom stereocenters. The van der Waals surface area contributed by atoms with Crippen molar-refractivity contribution in [3.63, 3.8) is 0 Å². The predicted molar refractivity (Wildman–Crippen MR) is 138 cm³/mol. The van der Waals surface area contributed by atoms with Gasteiger partial charge in [-0.15, -0.1) is 0 Å². The van der Waals surface area contributed by atoms with Crippen LogP contribution in [0.15, 0.2) is 48.8 Å². The van der Waals surface area contributed by atoms with Gasteiger partial charge >= 0.3 is 0 Å². The van der Waals surface area contributed by atoms with Gasteiger partial charge in [0.15, 0.2) is 0 Å². The van der Waals surface area contributed by atoms with Gasteiger partial charge < -0.3 is 25.0 Å². The quantitative estimate of drug-likeness (QED) is 0.422. The number of halogens is 2. The van der Waals surface area contributed by atoms with Gasteiger partial charge in [-0.05, 0) is 43.0 Å². The zero-order valence-electron chi connectivity index (χ0n) is 19.9. The summed E-state index contributed by atoms with van der Waals surface area (Å²) in [5.74, 6) is 0.150. The summed E-state index contributed by atoms with van der Waals surface area (Å²) in [5.41, 5.74) is 1.54. The monoisotopic (exact) mass is 525 g/mol. The van der Waals surface area contributed by atoms with Crippen molar-refractivity contribution in [2.24, 2.45) is 5.92 Å². The molecule has 2 amide bonds. The van der Waals surface area contributed by atoms with E-state index >= 15 is 0 Å². The van der Waals surface area contributed by atoms with Gasteiger partial charge in [0.25, 0.3) is 0 Å². The van der Waals surface area contributed by atoms with E-state index in [1.54, 1.807) is 23.1 Å². The summed E-state index contributed by atoms with van der Waals surface area (Å²) in [6.45, 7) is 2.47. The smallest absolute Gasteiger partial charge is 0.248 e. The normalized spacial score (nSPS) is 15.7. The van der Waals surface area contributed by atoms with Crippen molar-refractivity contribution in [2.45, 2.75) is 12.8 Å². The van der Waals surface area contributed by atoms with Crippen molar-refractivity contribution in [3.8, 4) is 5.75 Å². The summed E-state index contributed by atoms with van der Waals surface area (Å²) in [5, 5.41) is 6.51. The van der Waals surface area contributed by atoms with Crippen molar-refractivity contribution < 1.29 is 23.5 Å². The summed E-state index contributed by atoms with van der Waals surface area (Å²) in [4.78, 5) is 35.4. The summed E-state index contributed by atoms with van der Waals surface area (Å²) in [6.07, 6.45) is 6.07. The van der Waals surface area contributed by atoms with Crippen LogP contribution in [0.4, 0.5) is 21.6 Å². The lowest BCUT2D eigenvalue weighted by atomic mass is 10.1. The second-order valence-corrected chi connectivity index (χ2v) is 9.26. The third kappa shape index (κ3) is 6.33. The molecule has 2 aromatic carbocycles. The number of nitrogens with zero attached hydrogens (tertiary/aromatic N) is 3. The molecule has 37 heavy (non-hydrogen) atoms. The average molecular weight is 526 g/mol. The lowest BCUT2D eigenvalue weighted by Crippen LogP contribution is -2.39. The number of nitrogens with one attached hydrogen (secondary N) is 2. The molecule has 9 nitrogen and oxygen atoms in total. The highest BCUT2D eigenvalue weighted by atomic mass is 35.5. The van der Waals surface area contributed by atoms with Crippen LogP contribution >= 0.6 is 11.6 Å². The molecule has 3 aromatic rings. The van der Waals surface area contributed by atoms with Crippen LogP contribution in [-0.2, 0) is 14.3 Å². The number of amides is 2. The molecule has 11 heteroatoms. The Bertz CT molecular complexity index is 1360. The highest BCUT2D eigenvalue weighted by Crippen LogP contribution is 2.36. The molecule has 0 unspecified atom stereocenters. The van der Waals surface area contributed by atoms with Crippen LogP contribution in [0.5, 0.6) is 5.75 Å². The molecule has 2 aliphatic rings. The average Bonchev–Trinajstić information content (AvgIpc) is 3.74. The summed E-state index contributed by atoms with van der Waals surface area (Å²) in [7, 11) is 0. The number of carbonyl (C=O) groups excluding carboxylic acids is 2. The molecule has 0 radical (unpaired) electrons. The fraction of sp³-hybridized carbons (Fsp3) is 0.308. The van der Waals surface area contributed by atoms with Crippen LogP contribution < -0.4 is 15.4 Å². The molecule has 2 heterocycles. The standard InChI is InChI=1S/C26H25ClFN5O4/c27-19-11-17(3-4-20(19)28)31-26-18-12-22(23(37-14-16-1-2-16)13-21(18)29-15-30-26)32-24(34)5-6-25(35)33-7-9-36-10-8-33/h3-6,11-13,15-16H,1-2,7-10,14H2,(H,32,34)(H,29,30,31). The molecular formula is C26H25ClFN5O4. The zero-order valence-corrected chi connectivity index (χ0v) is 20.6. The zero-order chi connectivity index (χ0) is 25.8. The molecule has 1 saturated heterocycles. The molecule has 2 N–H and O–H groups in total. The van der Waals surface area contributed by atoms with Crippen molar-refractivity contribution in [1.82, 2.24) is 14.9 Å². The third-order valence-electron chi connectivity index (χ3n) is 6.05. The van der Waals surface area contributed by atoms with Gasteiger partial charge in [0.05, 0.1) is 36.0 Å². The van der Waals surface area contributed by atoms with Crippen molar-refractivity contribution in [3.05, 3.63) is 59.7 Å². The minimum Gasteiger partial charge on any atom is -0.491 e. The number of anilines is 3. The molecule has 2 fully saturated rings. The van der Waals surface area contributed by atoms with E-state index in [0.29, 0.717) is 72.7 Å². The largest absolute Gasteiger partial charge is 0.491 e. The second-order valence-electron chi connectivity index (χ2n) is 8.86. The molecule has 1 aliphatic heterocycles. The van der Waals surface area contributed by atoms with Gasteiger partial charge in [-0.3, -0.25) is 9.59 Å². The lowest BCUT2D eigenvalue weighted by molar-refractivity contribution is -0.130. The van der Waals surface area contributed by atoms with E-state index in [2.05, 4.69) is 20.6 Å². The van der Waals surface area contributed by atoms with E-state index in [1.807, 2.05) is 0 Å². The van der Waals surface area contributed by atoms with Gasteiger partial charge in [0.1, 0.15) is 23.7 Å². The van der Waals surface area contributed by atoms with Crippen LogP contribution in [0.2, 0.25) is 5.02 Å². The summed E-state index contributed by atoms with van der Waals surface area (Å²) < 4.78 is 24.9. The van der Waals surface area contributed by atoms with Gasteiger partial charge in [-0.1, -0.05) is 11.6 Å². The van der Waals surface area contributed by atoms with E-state index < -0.39 is 11.7 Å². The number of hydrogen-bond donors (Lipinski definition) is 2. The highest BCUT2D eigenvalue weighted by molar-refractivity contribution is 6.31. The van der Waals surface area contributed by atoms with Gasteiger partial charge in [-0.2, -0.15) is 0 Å². The fourth-order valence-electron chi connectivity index (χ4n) is 3.81. The first kappa shape index (κ1) is 24.9. The van der Waals surface area contributed by atoms with E-state index in [9.17, 15) is 14.0 Å². The van der Waals surface area contributed by atoms with E-state index in [1.165, 1.54) is 30.6 Å². The maximum atomic E-state index is 13.6. The molecule has 0 bridgehead atoms. The highest BCUT2D eigenvalue weighted by Gasteiger charge is 2.23. The Morgan fingerprint density at radius 3 is 2.73 bits per heavy atom. The second kappa shape index (κ2) is 11.1. The Kier molecular flexibility index (Phi) is 7.47. The van der Waals surface area contributed by atoms with Crippen molar-refractivity contribution in [2.75, 3.05) is 43.5 Å². The molecule has 192 valence electrons. The number of benzene rings is 2. The number of fused-ring (bicyclic) bond motifs is 1. The third-order valence-corrected chi connectivity index (χ3v) is 6.34. The van der Waals surface area contributed by atoms with Gasteiger partial charge in [0, 0.05) is 42.4 Å². The molecule has 5 rings (SSSR count). The van der Waals surface area contributed by atoms with Crippen molar-refractivity contribution in [1.29, 1.82) is 0 Å². The van der Waals surface area contributed by atoms with Crippen molar-refractivity contribution >= 4 is 51.5 Å². The molecule has 1 saturated carbocycles. The SMILES string of the molecule is O=C(C=CC(=O)N1CCOCC1)Nc1cc2c(Nc3ccc(F)c(Cl)c3)ncnc2cc1OCC1CC1. The molecule has 1 aromatic heterocycles. The number of rotatable bonds is 8. The van der Waals surface area contributed by atoms with Gasteiger partial charge in [0.2, 0.25) is 11.8 Å². The number of morpholine rings is 1. The van der Waals surface area contributed by atoms with E-state index in [4.69, 9.17) is 21.1 Å². The number of aromatic nitrogens is 2. The predicted octanol–water partition coefficient (Wildman–Crippen LogP) is 4.31.